The minimum Gasteiger partial charge on any atom is -0.235 e. The molecule has 1 heterocycles. The molecule has 5 heteroatoms. The lowest BCUT2D eigenvalue weighted by molar-refractivity contribution is 0.627. The highest BCUT2D eigenvalue weighted by molar-refractivity contribution is 7.11. The first kappa shape index (κ1) is 15.4. The number of hydrogen-bond donors (Lipinski definition) is 0. The number of halogens is 2. The predicted molar refractivity (Wildman–Crippen MR) is 92.4 cm³/mol. The first-order valence-electron chi connectivity index (χ1n) is 6.75. The molecule has 0 atom stereocenters. The number of benzene rings is 2. The molecule has 0 unspecified atom stereocenters. The summed E-state index contributed by atoms with van der Waals surface area (Å²) in [5, 5.41) is 12.5. The Bertz CT molecular complexity index is 907. The maximum atomic E-state index is 13.2. The summed E-state index contributed by atoms with van der Waals surface area (Å²) in [5.74, 6) is -0.336. The Hall–Kier alpha value is -2.48. The Morgan fingerprint density at radius 3 is 2.70 bits per heavy atom. The molecule has 0 aliphatic heterocycles. The Labute approximate surface area is 142 Å². The monoisotopic (exact) mass is 340 g/mol. The van der Waals surface area contributed by atoms with E-state index in [0.29, 0.717) is 21.2 Å². The molecule has 0 amide bonds. The van der Waals surface area contributed by atoms with Gasteiger partial charge in [-0.25, -0.2) is 9.37 Å². The van der Waals surface area contributed by atoms with Gasteiger partial charge < -0.3 is 0 Å². The van der Waals surface area contributed by atoms with Crippen molar-refractivity contribution in [2.45, 2.75) is 0 Å². The van der Waals surface area contributed by atoms with Crippen molar-refractivity contribution in [2.75, 3.05) is 0 Å². The molecular formula is C18H10ClFN2S. The van der Waals surface area contributed by atoms with E-state index < -0.39 is 0 Å². The van der Waals surface area contributed by atoms with Crippen LogP contribution in [0.3, 0.4) is 0 Å². The predicted octanol–water partition coefficient (Wildman–Crippen LogP) is 5.67. The van der Waals surface area contributed by atoms with Gasteiger partial charge in [0.25, 0.3) is 0 Å². The third kappa shape index (κ3) is 3.65. The number of rotatable bonds is 3. The minimum atomic E-state index is -0.336. The van der Waals surface area contributed by atoms with Crippen molar-refractivity contribution in [1.82, 2.24) is 4.98 Å². The van der Waals surface area contributed by atoms with Crippen LogP contribution >= 0.6 is 22.9 Å². The molecule has 1 aromatic heterocycles. The van der Waals surface area contributed by atoms with Crippen LogP contribution in [0, 0.1) is 17.1 Å². The van der Waals surface area contributed by atoms with Crippen molar-refractivity contribution < 1.29 is 4.39 Å². The summed E-state index contributed by atoms with van der Waals surface area (Å²) in [6, 6.07) is 15.6. The highest BCUT2D eigenvalue weighted by Gasteiger charge is 2.09. The average Bonchev–Trinajstić information content (AvgIpc) is 3.03. The zero-order chi connectivity index (χ0) is 16.2. The van der Waals surface area contributed by atoms with Crippen LogP contribution in [0.4, 0.5) is 4.39 Å². The first-order chi connectivity index (χ1) is 11.2. The SMILES string of the molecule is N#C/C(=C\c1cccc(F)c1)c1nc(-c2ccc(Cl)cc2)cs1. The van der Waals surface area contributed by atoms with Gasteiger partial charge in [-0.3, -0.25) is 0 Å². The molecule has 2 nitrogen and oxygen atoms in total. The van der Waals surface area contributed by atoms with Gasteiger partial charge in [-0.05, 0) is 35.9 Å². The van der Waals surface area contributed by atoms with Gasteiger partial charge in [0.2, 0.25) is 0 Å². The van der Waals surface area contributed by atoms with Crippen LogP contribution in [0.25, 0.3) is 22.9 Å². The van der Waals surface area contributed by atoms with Crippen molar-refractivity contribution in [3.63, 3.8) is 0 Å². The van der Waals surface area contributed by atoms with Gasteiger partial charge in [0.1, 0.15) is 16.9 Å². The standard InChI is InChI=1S/C18H10ClFN2S/c19-15-6-4-13(5-7-15)17-11-23-18(22-17)14(10-21)8-12-2-1-3-16(20)9-12/h1-9,11H/b14-8+. The summed E-state index contributed by atoms with van der Waals surface area (Å²) >= 11 is 7.26. The van der Waals surface area contributed by atoms with Crippen LogP contribution in [-0.4, -0.2) is 4.98 Å². The van der Waals surface area contributed by atoms with Crippen molar-refractivity contribution in [3.8, 4) is 17.3 Å². The number of allylic oxidation sites excluding steroid dienone is 1. The molecule has 0 aliphatic rings. The summed E-state index contributed by atoms with van der Waals surface area (Å²) in [4.78, 5) is 4.49. The van der Waals surface area contributed by atoms with E-state index in [9.17, 15) is 9.65 Å². The van der Waals surface area contributed by atoms with E-state index >= 15 is 0 Å². The van der Waals surface area contributed by atoms with Crippen LogP contribution in [0.1, 0.15) is 10.6 Å². The van der Waals surface area contributed by atoms with E-state index in [1.165, 1.54) is 23.5 Å². The second-order valence-corrected chi connectivity index (χ2v) is 6.06. The molecule has 0 radical (unpaired) electrons. The Morgan fingerprint density at radius 1 is 1.22 bits per heavy atom. The minimum absolute atomic E-state index is 0.336. The van der Waals surface area contributed by atoms with E-state index in [0.717, 1.165) is 11.3 Å². The van der Waals surface area contributed by atoms with Gasteiger partial charge in [-0.15, -0.1) is 11.3 Å². The van der Waals surface area contributed by atoms with Gasteiger partial charge >= 0.3 is 0 Å². The molecule has 112 valence electrons. The fourth-order valence-electron chi connectivity index (χ4n) is 2.06. The zero-order valence-corrected chi connectivity index (χ0v) is 13.4. The third-order valence-electron chi connectivity index (χ3n) is 3.15. The Morgan fingerprint density at radius 2 is 2.00 bits per heavy atom. The largest absolute Gasteiger partial charge is 0.235 e. The Kier molecular flexibility index (Phi) is 4.52. The number of hydrogen-bond acceptors (Lipinski definition) is 3. The lowest BCUT2D eigenvalue weighted by Gasteiger charge is -1.97. The molecule has 3 aromatic rings. The topological polar surface area (TPSA) is 36.7 Å². The van der Waals surface area contributed by atoms with Gasteiger partial charge in [-0.2, -0.15) is 5.26 Å². The fraction of sp³-hybridized carbons (Fsp3) is 0. The average molecular weight is 341 g/mol. The zero-order valence-electron chi connectivity index (χ0n) is 11.8. The van der Waals surface area contributed by atoms with Crippen LogP contribution in [0.15, 0.2) is 53.9 Å². The molecular weight excluding hydrogens is 331 g/mol. The molecule has 0 saturated carbocycles. The van der Waals surface area contributed by atoms with Crippen molar-refractivity contribution in [1.29, 1.82) is 5.26 Å². The van der Waals surface area contributed by atoms with Crippen LogP contribution < -0.4 is 0 Å². The molecule has 2 aromatic carbocycles. The maximum absolute atomic E-state index is 13.2. The quantitative estimate of drug-likeness (QED) is 0.576. The molecule has 3 rings (SSSR count). The fourth-order valence-corrected chi connectivity index (χ4v) is 2.98. The van der Waals surface area contributed by atoms with Gasteiger partial charge in [0, 0.05) is 16.0 Å². The first-order valence-corrected chi connectivity index (χ1v) is 8.00. The van der Waals surface area contributed by atoms with E-state index in [-0.39, 0.29) is 5.82 Å². The van der Waals surface area contributed by atoms with Gasteiger partial charge in [-0.1, -0.05) is 35.9 Å². The maximum Gasteiger partial charge on any atom is 0.134 e. The lowest BCUT2D eigenvalue weighted by atomic mass is 10.1. The molecule has 0 N–H and O–H groups in total. The third-order valence-corrected chi connectivity index (χ3v) is 4.28. The lowest BCUT2D eigenvalue weighted by Crippen LogP contribution is -1.83. The van der Waals surface area contributed by atoms with Crippen molar-refractivity contribution >= 4 is 34.6 Å². The van der Waals surface area contributed by atoms with Crippen molar-refractivity contribution in [2.24, 2.45) is 0 Å². The smallest absolute Gasteiger partial charge is 0.134 e. The summed E-state index contributed by atoms with van der Waals surface area (Å²) in [6.45, 7) is 0. The van der Waals surface area contributed by atoms with Crippen LogP contribution in [0.2, 0.25) is 5.02 Å². The van der Waals surface area contributed by atoms with E-state index in [1.807, 2.05) is 17.5 Å². The molecule has 0 bridgehead atoms. The summed E-state index contributed by atoms with van der Waals surface area (Å²) in [7, 11) is 0. The highest BCUT2D eigenvalue weighted by atomic mass is 35.5. The van der Waals surface area contributed by atoms with Gasteiger partial charge in [0.05, 0.1) is 11.3 Å². The molecule has 0 saturated heterocycles. The van der Waals surface area contributed by atoms with Crippen molar-refractivity contribution in [3.05, 3.63) is 75.3 Å². The van der Waals surface area contributed by atoms with Gasteiger partial charge in [0.15, 0.2) is 0 Å². The summed E-state index contributed by atoms with van der Waals surface area (Å²) in [5.41, 5.74) is 2.74. The molecule has 0 spiro atoms. The summed E-state index contributed by atoms with van der Waals surface area (Å²) < 4.78 is 13.2. The molecule has 0 fully saturated rings. The summed E-state index contributed by atoms with van der Waals surface area (Å²) in [6.07, 6.45) is 1.63. The van der Waals surface area contributed by atoms with E-state index in [2.05, 4.69) is 11.1 Å². The number of aromatic nitrogens is 1. The van der Waals surface area contributed by atoms with Crippen LogP contribution in [0.5, 0.6) is 0 Å². The molecule has 0 aliphatic carbocycles. The van der Waals surface area contributed by atoms with E-state index in [1.54, 1.807) is 30.3 Å². The number of thiazole rings is 1. The normalized spacial score (nSPS) is 11.3. The van der Waals surface area contributed by atoms with Crippen LogP contribution in [-0.2, 0) is 0 Å². The second kappa shape index (κ2) is 6.74. The Balaban J connectivity index is 1.94. The molecule has 23 heavy (non-hydrogen) atoms. The van der Waals surface area contributed by atoms with E-state index in [4.69, 9.17) is 11.6 Å². The highest BCUT2D eigenvalue weighted by Crippen LogP contribution is 2.28. The number of nitrogens with zero attached hydrogens (tertiary/aromatic N) is 2. The number of nitriles is 1. The second-order valence-electron chi connectivity index (χ2n) is 4.77.